The number of fused-ring (bicyclic) bond motifs is 1. The number of carbonyl (C=O) groups is 1. The summed E-state index contributed by atoms with van der Waals surface area (Å²) in [6.07, 6.45) is 4.65. The van der Waals surface area contributed by atoms with Crippen LogP contribution < -0.4 is 9.62 Å². The largest absolute Gasteiger partial charge is 0.371 e. The van der Waals surface area contributed by atoms with E-state index in [9.17, 15) is 4.79 Å². The van der Waals surface area contributed by atoms with Gasteiger partial charge in [0, 0.05) is 58.9 Å². The van der Waals surface area contributed by atoms with Crippen LogP contribution in [0.4, 0.5) is 5.69 Å². The maximum atomic E-state index is 12.7. The number of aromatic nitrogens is 1. The summed E-state index contributed by atoms with van der Waals surface area (Å²) in [4.78, 5) is 21.9. The Kier molecular flexibility index (Phi) is 5.79. The number of hydrogen-bond acceptors (Lipinski definition) is 5. The summed E-state index contributed by atoms with van der Waals surface area (Å²) >= 11 is 1.54. The van der Waals surface area contributed by atoms with Crippen molar-refractivity contribution in [2.45, 2.75) is 43.1 Å². The molecular weight excluding hydrogens is 444 g/mol. The molecule has 0 atom stereocenters. The summed E-state index contributed by atoms with van der Waals surface area (Å²) in [5.41, 5.74) is 6.04. The van der Waals surface area contributed by atoms with E-state index in [1.165, 1.54) is 47.0 Å². The van der Waals surface area contributed by atoms with E-state index >= 15 is 0 Å². The van der Waals surface area contributed by atoms with E-state index in [4.69, 9.17) is 4.74 Å². The highest BCUT2D eigenvalue weighted by molar-refractivity contribution is 7.97. The van der Waals surface area contributed by atoms with Crippen molar-refractivity contribution in [2.24, 2.45) is 0 Å². The quantitative estimate of drug-likeness (QED) is 0.504. The molecule has 0 bridgehead atoms. The van der Waals surface area contributed by atoms with Crippen molar-refractivity contribution < 1.29 is 9.53 Å². The van der Waals surface area contributed by atoms with Crippen LogP contribution in [0, 0.1) is 6.92 Å². The van der Waals surface area contributed by atoms with Crippen LogP contribution >= 0.6 is 11.9 Å². The number of benzene rings is 2. The molecular formula is C27H32N4O2S. The predicted octanol–water partition coefficient (Wildman–Crippen LogP) is 4.73. The molecule has 1 spiro atoms. The number of nitrogens with zero attached hydrogens (tertiary/aromatic N) is 2. The summed E-state index contributed by atoms with van der Waals surface area (Å²) in [6, 6.07) is 15.5. The van der Waals surface area contributed by atoms with Crippen LogP contribution in [0.3, 0.4) is 0 Å². The summed E-state index contributed by atoms with van der Waals surface area (Å²) in [7, 11) is 0. The molecule has 6 nitrogen and oxygen atoms in total. The van der Waals surface area contributed by atoms with E-state index < -0.39 is 0 Å². The average molecular weight is 477 g/mol. The number of aryl methyl sites for hydroxylation is 1. The molecule has 0 radical (unpaired) electrons. The summed E-state index contributed by atoms with van der Waals surface area (Å²) < 4.78 is 9.15. The zero-order valence-electron chi connectivity index (χ0n) is 19.7. The Morgan fingerprint density at radius 3 is 2.79 bits per heavy atom. The molecule has 3 aliphatic rings. The second-order valence-corrected chi connectivity index (χ2v) is 10.9. The van der Waals surface area contributed by atoms with Gasteiger partial charge in [0.25, 0.3) is 0 Å². The number of carbonyl (C=O) groups excluding carboxylic acids is 1. The maximum Gasteiger partial charge on any atom is 0.237 e. The predicted molar refractivity (Wildman–Crippen MR) is 138 cm³/mol. The van der Waals surface area contributed by atoms with Crippen molar-refractivity contribution in [1.29, 1.82) is 0 Å². The third kappa shape index (κ3) is 4.44. The number of morpholine rings is 1. The smallest absolute Gasteiger partial charge is 0.237 e. The van der Waals surface area contributed by atoms with Gasteiger partial charge in [-0.1, -0.05) is 11.6 Å². The van der Waals surface area contributed by atoms with E-state index in [1.54, 1.807) is 0 Å². The minimum Gasteiger partial charge on any atom is -0.371 e. The van der Waals surface area contributed by atoms with Gasteiger partial charge in [-0.2, -0.15) is 0 Å². The van der Waals surface area contributed by atoms with E-state index in [1.807, 2.05) is 4.90 Å². The van der Waals surface area contributed by atoms with Gasteiger partial charge in [0.2, 0.25) is 5.91 Å². The monoisotopic (exact) mass is 476 g/mol. The lowest BCUT2D eigenvalue weighted by Gasteiger charge is -2.33. The summed E-state index contributed by atoms with van der Waals surface area (Å²) in [5.74, 6) is 0.155. The first-order valence-electron chi connectivity index (χ1n) is 12.4. The highest BCUT2D eigenvalue weighted by Gasteiger charge is 2.48. The number of anilines is 1. The Balaban J connectivity index is 1.19. The molecule has 1 aromatic heterocycles. The van der Waals surface area contributed by atoms with Crippen molar-refractivity contribution in [2.75, 3.05) is 44.2 Å². The molecule has 2 N–H and O–H groups in total. The number of hydrogen-bond donors (Lipinski definition) is 2. The van der Waals surface area contributed by atoms with Crippen molar-refractivity contribution in [3.8, 4) is 11.3 Å². The van der Waals surface area contributed by atoms with Crippen LogP contribution in [0.25, 0.3) is 22.2 Å². The molecule has 7 heteroatoms. The Hall–Kier alpha value is -2.48. The van der Waals surface area contributed by atoms with E-state index in [0.29, 0.717) is 19.7 Å². The van der Waals surface area contributed by atoms with Gasteiger partial charge in [-0.3, -0.25) is 9.52 Å². The number of H-pyrrole nitrogens is 1. The number of aromatic amines is 1. The van der Waals surface area contributed by atoms with Gasteiger partial charge in [0.05, 0.1) is 18.8 Å². The molecule has 2 aromatic carbocycles. The number of ether oxygens (including phenoxy) is 1. The topological polar surface area (TPSA) is 60.6 Å². The number of amides is 1. The molecule has 1 amide bonds. The van der Waals surface area contributed by atoms with Gasteiger partial charge in [-0.05, 0) is 81.0 Å². The normalized spacial score (nSPS) is 19.3. The van der Waals surface area contributed by atoms with Crippen molar-refractivity contribution in [3.63, 3.8) is 0 Å². The van der Waals surface area contributed by atoms with Crippen LogP contribution in [0.15, 0.2) is 47.4 Å². The van der Waals surface area contributed by atoms with Crippen LogP contribution in [0.2, 0.25) is 0 Å². The summed E-state index contributed by atoms with van der Waals surface area (Å²) in [6.45, 7) is 6.76. The van der Waals surface area contributed by atoms with Crippen LogP contribution in [-0.2, 0) is 9.53 Å². The van der Waals surface area contributed by atoms with E-state index in [-0.39, 0.29) is 11.5 Å². The lowest BCUT2D eigenvalue weighted by atomic mass is 10.1. The first-order chi connectivity index (χ1) is 16.6. The zero-order chi connectivity index (χ0) is 23.1. The van der Waals surface area contributed by atoms with Crippen LogP contribution in [0.5, 0.6) is 0 Å². The van der Waals surface area contributed by atoms with Gasteiger partial charge in [0.1, 0.15) is 0 Å². The van der Waals surface area contributed by atoms with Gasteiger partial charge in [-0.25, -0.2) is 0 Å². The fourth-order valence-electron chi connectivity index (χ4n) is 5.22. The molecule has 6 rings (SSSR count). The molecule has 3 fully saturated rings. The van der Waals surface area contributed by atoms with Crippen molar-refractivity contribution in [3.05, 3.63) is 48.0 Å². The minimum atomic E-state index is -0.0283. The average Bonchev–Trinajstić information content (AvgIpc) is 3.24. The van der Waals surface area contributed by atoms with Crippen LogP contribution in [0.1, 0.15) is 31.2 Å². The Labute approximate surface area is 205 Å². The second-order valence-electron chi connectivity index (χ2n) is 9.92. The highest BCUT2D eigenvalue weighted by atomic mass is 32.2. The summed E-state index contributed by atoms with van der Waals surface area (Å²) in [5, 5.41) is 1.24. The van der Waals surface area contributed by atoms with E-state index in [0.717, 1.165) is 48.6 Å². The van der Waals surface area contributed by atoms with Crippen molar-refractivity contribution in [1.82, 2.24) is 14.6 Å². The lowest BCUT2D eigenvalue weighted by Crippen LogP contribution is -2.48. The van der Waals surface area contributed by atoms with Gasteiger partial charge < -0.3 is 19.5 Å². The molecule has 2 aliphatic heterocycles. The first kappa shape index (κ1) is 22.0. The number of nitrogens with one attached hydrogen (secondary N) is 2. The standard InChI is InChI=1S/C27H32N4O2S/c1-19-4-6-23-20(14-19)15-24(29-23)22-16-21(5-7-25(22)30-10-2-3-11-30)34-28-17-26(32)31-12-13-33-27(18-31)8-9-27/h4-7,14-16,28-29H,2-3,8-13,17-18H2,1H3. The number of rotatable bonds is 6. The molecule has 1 saturated carbocycles. The Bertz CT molecular complexity index is 1210. The minimum absolute atomic E-state index is 0.0283. The zero-order valence-corrected chi connectivity index (χ0v) is 20.5. The molecule has 2 saturated heterocycles. The molecule has 3 aromatic rings. The molecule has 3 heterocycles. The fourth-order valence-corrected chi connectivity index (χ4v) is 5.89. The van der Waals surface area contributed by atoms with Crippen LogP contribution in [-0.4, -0.2) is 60.7 Å². The Morgan fingerprint density at radius 2 is 1.97 bits per heavy atom. The third-order valence-corrected chi connectivity index (χ3v) is 8.08. The fraction of sp³-hybridized carbons (Fsp3) is 0.444. The molecule has 178 valence electrons. The highest BCUT2D eigenvalue weighted by Crippen LogP contribution is 2.42. The first-order valence-corrected chi connectivity index (χ1v) is 13.2. The lowest BCUT2D eigenvalue weighted by molar-refractivity contribution is -0.139. The van der Waals surface area contributed by atoms with E-state index in [2.05, 4.69) is 64.0 Å². The second kappa shape index (κ2) is 8.95. The van der Waals surface area contributed by atoms with Gasteiger partial charge in [-0.15, -0.1) is 0 Å². The molecule has 0 unspecified atom stereocenters. The van der Waals surface area contributed by atoms with Crippen molar-refractivity contribution >= 4 is 34.4 Å². The van der Waals surface area contributed by atoms with Gasteiger partial charge >= 0.3 is 0 Å². The SMILES string of the molecule is Cc1ccc2[nH]c(-c3cc(SNCC(=O)N4CCOC5(CC5)C4)ccc3N3CCCC3)cc2c1. The Morgan fingerprint density at radius 1 is 1.12 bits per heavy atom. The molecule has 1 aliphatic carbocycles. The third-order valence-electron chi connectivity index (χ3n) is 7.30. The molecule has 34 heavy (non-hydrogen) atoms. The van der Waals surface area contributed by atoms with Gasteiger partial charge in [0.15, 0.2) is 0 Å². The maximum absolute atomic E-state index is 12.7.